The summed E-state index contributed by atoms with van der Waals surface area (Å²) >= 11 is 0. The third-order valence-electron chi connectivity index (χ3n) is 3.03. The lowest BCUT2D eigenvalue weighted by Gasteiger charge is -2.20. The Morgan fingerprint density at radius 3 is 2.72 bits per heavy atom. The van der Waals surface area contributed by atoms with Crippen LogP contribution in [0, 0.1) is 6.92 Å². The second kappa shape index (κ2) is 5.04. The van der Waals surface area contributed by atoms with Crippen LogP contribution in [0.15, 0.2) is 34.9 Å². The molecule has 0 aliphatic carbocycles. The van der Waals surface area contributed by atoms with Crippen molar-refractivity contribution in [2.45, 2.75) is 13.5 Å². The van der Waals surface area contributed by atoms with Gasteiger partial charge in [0, 0.05) is 30.9 Å². The molecule has 0 unspecified atom stereocenters. The van der Waals surface area contributed by atoms with Crippen LogP contribution in [0.1, 0.15) is 11.3 Å². The average Bonchev–Trinajstić information content (AvgIpc) is 2.75. The first-order chi connectivity index (χ1) is 8.61. The fraction of sp³-hybridized carbons (Fsp3) is 0.286. The Labute approximate surface area is 107 Å². The zero-order valence-electron chi connectivity index (χ0n) is 10.9. The molecule has 4 nitrogen and oxygen atoms in total. The molecule has 0 aliphatic rings. The zero-order valence-corrected chi connectivity index (χ0v) is 10.9. The third-order valence-corrected chi connectivity index (χ3v) is 3.03. The van der Waals surface area contributed by atoms with Crippen molar-refractivity contribution in [1.29, 1.82) is 0 Å². The third kappa shape index (κ3) is 2.42. The highest BCUT2D eigenvalue weighted by Crippen LogP contribution is 2.27. The van der Waals surface area contributed by atoms with E-state index in [4.69, 9.17) is 14.9 Å². The number of rotatable bonds is 4. The Hall–Kier alpha value is -2.10. The van der Waals surface area contributed by atoms with Gasteiger partial charge in [0.15, 0.2) is 0 Å². The molecule has 2 rings (SSSR count). The van der Waals surface area contributed by atoms with Crippen LogP contribution in [-0.2, 0) is 6.54 Å². The normalized spacial score (nSPS) is 10.4. The lowest BCUT2D eigenvalue weighted by Crippen LogP contribution is -2.16. The van der Waals surface area contributed by atoms with E-state index in [1.54, 1.807) is 13.4 Å². The summed E-state index contributed by atoms with van der Waals surface area (Å²) in [6.45, 7) is 2.75. The Morgan fingerprint density at radius 2 is 2.11 bits per heavy atom. The first-order valence-corrected chi connectivity index (χ1v) is 5.79. The van der Waals surface area contributed by atoms with Gasteiger partial charge in [0.25, 0.3) is 0 Å². The lowest BCUT2D eigenvalue weighted by atomic mass is 10.2. The molecular formula is C14H18N2O2. The molecule has 0 saturated carbocycles. The van der Waals surface area contributed by atoms with Gasteiger partial charge in [-0.25, -0.2) is 0 Å². The number of benzene rings is 1. The van der Waals surface area contributed by atoms with Crippen molar-refractivity contribution >= 4 is 11.4 Å². The Balaban J connectivity index is 2.18. The lowest BCUT2D eigenvalue weighted by molar-refractivity contribution is 0.417. The molecule has 0 bridgehead atoms. The molecule has 2 N–H and O–H groups in total. The minimum absolute atomic E-state index is 0.647. The van der Waals surface area contributed by atoms with Crippen molar-refractivity contribution in [2.24, 2.45) is 0 Å². The van der Waals surface area contributed by atoms with E-state index in [9.17, 15) is 0 Å². The smallest absolute Gasteiger partial charge is 0.143 e. The molecular weight excluding hydrogens is 228 g/mol. The van der Waals surface area contributed by atoms with Gasteiger partial charge >= 0.3 is 0 Å². The summed E-state index contributed by atoms with van der Waals surface area (Å²) in [5.74, 6) is 1.65. The molecule has 4 heteroatoms. The van der Waals surface area contributed by atoms with Crippen LogP contribution in [0.5, 0.6) is 5.75 Å². The summed E-state index contributed by atoms with van der Waals surface area (Å²) in [6, 6.07) is 7.76. The van der Waals surface area contributed by atoms with Crippen molar-refractivity contribution < 1.29 is 9.15 Å². The Morgan fingerprint density at radius 1 is 1.33 bits per heavy atom. The predicted octanol–water partition coefficient (Wildman–Crippen LogP) is 2.82. The number of furan rings is 1. The zero-order chi connectivity index (χ0) is 13.1. The van der Waals surface area contributed by atoms with Gasteiger partial charge in [-0.2, -0.15) is 0 Å². The van der Waals surface area contributed by atoms with E-state index in [1.165, 1.54) is 5.56 Å². The van der Waals surface area contributed by atoms with Gasteiger partial charge in [0.1, 0.15) is 11.5 Å². The summed E-state index contributed by atoms with van der Waals surface area (Å²) in [5.41, 5.74) is 8.68. The molecule has 0 spiro atoms. The molecule has 96 valence electrons. The molecule has 0 saturated heterocycles. The number of anilines is 2. The molecule has 0 amide bonds. The number of hydrogen-bond acceptors (Lipinski definition) is 4. The molecule has 0 atom stereocenters. The van der Waals surface area contributed by atoms with Crippen LogP contribution < -0.4 is 15.4 Å². The fourth-order valence-electron chi connectivity index (χ4n) is 1.86. The van der Waals surface area contributed by atoms with E-state index in [1.807, 2.05) is 38.2 Å². The SMILES string of the molecule is COc1cc(N(C)Cc2ccoc2C)ccc1N. The molecule has 18 heavy (non-hydrogen) atoms. The van der Waals surface area contributed by atoms with Crippen molar-refractivity contribution in [1.82, 2.24) is 0 Å². The van der Waals surface area contributed by atoms with Crippen LogP contribution in [0.4, 0.5) is 11.4 Å². The number of ether oxygens (including phenoxy) is 1. The summed E-state index contributed by atoms with van der Waals surface area (Å²) in [5, 5.41) is 0. The van der Waals surface area contributed by atoms with Gasteiger partial charge in [0.2, 0.25) is 0 Å². The van der Waals surface area contributed by atoms with Crippen LogP contribution in [0.2, 0.25) is 0 Å². The average molecular weight is 246 g/mol. The maximum Gasteiger partial charge on any atom is 0.143 e. The van der Waals surface area contributed by atoms with Crippen molar-refractivity contribution in [3.05, 3.63) is 41.9 Å². The van der Waals surface area contributed by atoms with E-state index in [2.05, 4.69) is 4.90 Å². The molecule has 0 radical (unpaired) electrons. The molecule has 2 aromatic rings. The number of methoxy groups -OCH3 is 1. The highest BCUT2D eigenvalue weighted by atomic mass is 16.5. The van der Waals surface area contributed by atoms with Crippen molar-refractivity contribution in [3.8, 4) is 5.75 Å². The predicted molar refractivity (Wildman–Crippen MR) is 73.0 cm³/mol. The van der Waals surface area contributed by atoms with E-state index in [-0.39, 0.29) is 0 Å². The van der Waals surface area contributed by atoms with Crippen LogP contribution in [0.25, 0.3) is 0 Å². The maximum absolute atomic E-state index is 5.80. The highest BCUT2D eigenvalue weighted by Gasteiger charge is 2.08. The van der Waals surface area contributed by atoms with Crippen molar-refractivity contribution in [3.63, 3.8) is 0 Å². The first-order valence-electron chi connectivity index (χ1n) is 5.79. The number of nitrogens with zero attached hydrogens (tertiary/aromatic N) is 1. The van der Waals surface area contributed by atoms with Gasteiger partial charge in [-0.05, 0) is 25.1 Å². The quantitative estimate of drug-likeness (QED) is 0.843. The van der Waals surface area contributed by atoms with Crippen LogP contribution >= 0.6 is 0 Å². The molecule has 1 heterocycles. The summed E-state index contributed by atoms with van der Waals surface area (Å²) < 4.78 is 10.5. The molecule has 0 aliphatic heterocycles. The molecule has 1 aromatic carbocycles. The monoisotopic (exact) mass is 246 g/mol. The van der Waals surface area contributed by atoms with Crippen LogP contribution in [0.3, 0.4) is 0 Å². The first kappa shape index (κ1) is 12.4. The number of nitrogens with two attached hydrogens (primary N) is 1. The topological polar surface area (TPSA) is 51.6 Å². The molecule has 0 fully saturated rings. The minimum atomic E-state index is 0.647. The standard InChI is InChI=1S/C14H18N2O2/c1-10-11(6-7-18-10)9-16(2)12-4-5-13(15)14(8-12)17-3/h4-8H,9,15H2,1-3H3. The summed E-state index contributed by atoms with van der Waals surface area (Å²) in [4.78, 5) is 2.12. The van der Waals surface area contributed by atoms with E-state index in [0.29, 0.717) is 11.4 Å². The number of nitrogen functional groups attached to an aromatic ring is 1. The second-order valence-electron chi connectivity index (χ2n) is 4.28. The minimum Gasteiger partial charge on any atom is -0.495 e. The Kier molecular flexibility index (Phi) is 3.46. The Bertz CT molecular complexity index is 534. The number of aryl methyl sites for hydroxylation is 1. The van der Waals surface area contributed by atoms with Crippen LogP contribution in [-0.4, -0.2) is 14.2 Å². The fourth-order valence-corrected chi connectivity index (χ4v) is 1.86. The summed E-state index contributed by atoms with van der Waals surface area (Å²) in [6.07, 6.45) is 1.71. The van der Waals surface area contributed by atoms with Gasteiger partial charge < -0.3 is 19.8 Å². The highest BCUT2D eigenvalue weighted by molar-refractivity contribution is 5.62. The second-order valence-corrected chi connectivity index (χ2v) is 4.28. The van der Waals surface area contributed by atoms with Gasteiger partial charge in [-0.15, -0.1) is 0 Å². The summed E-state index contributed by atoms with van der Waals surface area (Å²) in [7, 11) is 3.65. The number of hydrogen-bond donors (Lipinski definition) is 1. The molecule has 1 aromatic heterocycles. The van der Waals surface area contributed by atoms with Gasteiger partial charge in [-0.1, -0.05) is 0 Å². The van der Waals surface area contributed by atoms with Gasteiger partial charge in [0.05, 0.1) is 19.1 Å². The maximum atomic E-state index is 5.80. The van der Waals surface area contributed by atoms with E-state index >= 15 is 0 Å². The van der Waals surface area contributed by atoms with Gasteiger partial charge in [-0.3, -0.25) is 0 Å². The van der Waals surface area contributed by atoms with E-state index < -0.39 is 0 Å². The van der Waals surface area contributed by atoms with Crippen molar-refractivity contribution in [2.75, 3.05) is 24.8 Å². The van der Waals surface area contributed by atoms with E-state index in [0.717, 1.165) is 18.0 Å². The largest absolute Gasteiger partial charge is 0.495 e.